The summed E-state index contributed by atoms with van der Waals surface area (Å²) in [4.78, 5) is 0. The summed E-state index contributed by atoms with van der Waals surface area (Å²) in [6, 6.07) is 39.4. The van der Waals surface area contributed by atoms with E-state index in [4.69, 9.17) is 18.6 Å². The fourth-order valence-electron chi connectivity index (χ4n) is 7.23. The van der Waals surface area contributed by atoms with Gasteiger partial charge in [0.25, 0.3) is 0 Å². The minimum atomic E-state index is -0.429. The van der Waals surface area contributed by atoms with Crippen LogP contribution in [0, 0.1) is 0 Å². The molecule has 0 saturated carbocycles. The van der Waals surface area contributed by atoms with Gasteiger partial charge in [0.15, 0.2) is 0 Å². The van der Waals surface area contributed by atoms with Gasteiger partial charge in [-0.05, 0) is 121 Å². The molecule has 0 aromatic heterocycles. The van der Waals surface area contributed by atoms with Crippen LogP contribution in [0.2, 0.25) is 0 Å². The Labute approximate surface area is 284 Å². The van der Waals surface area contributed by atoms with Crippen LogP contribution in [0.25, 0.3) is 54.6 Å². The fourth-order valence-corrected chi connectivity index (χ4v) is 7.23. The molecule has 0 N–H and O–H groups in total. The highest BCUT2D eigenvalue weighted by Crippen LogP contribution is 2.42. The van der Waals surface area contributed by atoms with Gasteiger partial charge in [-0.25, -0.2) is 0 Å². The molecule has 6 aromatic carbocycles. The summed E-state index contributed by atoms with van der Waals surface area (Å²) in [5.41, 5.74) is 5.26. The van der Waals surface area contributed by atoms with Crippen molar-refractivity contribution >= 4 is 57.5 Å². The van der Waals surface area contributed by atoms with E-state index in [-0.39, 0.29) is 0 Å². The first-order valence-electron chi connectivity index (χ1n) is 17.1. The van der Waals surface area contributed by atoms with Crippen molar-refractivity contribution in [1.82, 2.24) is 0 Å². The van der Waals surface area contributed by atoms with Crippen LogP contribution in [0.3, 0.4) is 0 Å². The summed E-state index contributed by atoms with van der Waals surface area (Å²) in [6.07, 6.45) is 0. The first kappa shape index (κ1) is 31.3. The van der Waals surface area contributed by atoms with E-state index >= 15 is 0 Å². The lowest BCUT2D eigenvalue weighted by molar-refractivity contribution is 0.00578. The lowest BCUT2D eigenvalue weighted by atomic mass is 9.74. The van der Waals surface area contributed by atoms with Crippen molar-refractivity contribution < 1.29 is 18.6 Å². The van der Waals surface area contributed by atoms with Gasteiger partial charge in [0.05, 0.1) is 22.4 Å². The Morgan fingerprint density at radius 2 is 0.542 bits per heavy atom. The number of hydrogen-bond donors (Lipinski definition) is 0. The Hall–Kier alpha value is -3.93. The first-order chi connectivity index (χ1) is 22.8. The molecule has 2 aliphatic heterocycles. The number of benzene rings is 6. The number of hydrogen-bond acceptors (Lipinski definition) is 4. The van der Waals surface area contributed by atoms with E-state index in [9.17, 15) is 0 Å². The molecule has 0 amide bonds. The zero-order valence-corrected chi connectivity index (χ0v) is 29.2. The maximum atomic E-state index is 6.50. The van der Waals surface area contributed by atoms with Gasteiger partial charge in [-0.15, -0.1) is 0 Å². The molecule has 0 aliphatic carbocycles. The van der Waals surface area contributed by atoms with Crippen molar-refractivity contribution in [1.29, 1.82) is 0 Å². The maximum Gasteiger partial charge on any atom is 0.495 e. The number of rotatable bonds is 4. The van der Waals surface area contributed by atoms with E-state index in [1.165, 1.54) is 43.8 Å². The second kappa shape index (κ2) is 10.8. The highest BCUT2D eigenvalue weighted by Gasteiger charge is 2.53. The van der Waals surface area contributed by atoms with Crippen LogP contribution in [-0.4, -0.2) is 36.6 Å². The average molecular weight is 632 g/mol. The minimum absolute atomic E-state index is 0.407. The van der Waals surface area contributed by atoms with Gasteiger partial charge in [0.2, 0.25) is 0 Å². The lowest BCUT2D eigenvalue weighted by Gasteiger charge is -2.32. The van der Waals surface area contributed by atoms with E-state index < -0.39 is 36.6 Å². The predicted molar refractivity (Wildman–Crippen MR) is 201 cm³/mol. The van der Waals surface area contributed by atoms with Gasteiger partial charge in [0.1, 0.15) is 0 Å². The summed E-state index contributed by atoms with van der Waals surface area (Å²) < 4.78 is 26.0. The van der Waals surface area contributed by atoms with E-state index in [1.54, 1.807) is 0 Å². The molecule has 6 heteroatoms. The molecule has 0 spiro atoms. The smallest absolute Gasteiger partial charge is 0.399 e. The molecular formula is C42H42B2O4. The third-order valence-corrected chi connectivity index (χ3v) is 11.4. The fraction of sp³-hybridized carbons (Fsp3) is 0.286. The van der Waals surface area contributed by atoms with Gasteiger partial charge in [-0.1, -0.05) is 109 Å². The molecule has 8 rings (SSSR count). The van der Waals surface area contributed by atoms with Crippen LogP contribution in [0.1, 0.15) is 55.4 Å². The van der Waals surface area contributed by atoms with E-state index in [0.29, 0.717) is 0 Å². The normalized spacial score (nSPS) is 19.5. The molecule has 6 aromatic rings. The van der Waals surface area contributed by atoms with Crippen molar-refractivity contribution in [2.45, 2.75) is 77.8 Å². The quantitative estimate of drug-likeness (QED) is 0.182. The highest BCUT2D eigenvalue weighted by atomic mass is 16.7. The predicted octanol–water partition coefficient (Wildman–Crippen LogP) is 9.08. The van der Waals surface area contributed by atoms with Crippen molar-refractivity contribution in [3.05, 3.63) is 109 Å². The summed E-state index contributed by atoms with van der Waals surface area (Å²) in [5.74, 6) is 0. The summed E-state index contributed by atoms with van der Waals surface area (Å²) >= 11 is 0. The molecule has 0 bridgehead atoms. The zero-order valence-electron chi connectivity index (χ0n) is 29.2. The second-order valence-electron chi connectivity index (χ2n) is 15.4. The van der Waals surface area contributed by atoms with Crippen molar-refractivity contribution in [2.24, 2.45) is 0 Å². The molecule has 2 aliphatic rings. The Bertz CT molecular complexity index is 2050. The van der Waals surface area contributed by atoms with Crippen LogP contribution in [-0.2, 0) is 18.6 Å². The van der Waals surface area contributed by atoms with Gasteiger partial charge >= 0.3 is 14.2 Å². The minimum Gasteiger partial charge on any atom is -0.399 e. The Balaban J connectivity index is 1.26. The Kier molecular flexibility index (Phi) is 7.04. The molecule has 240 valence electrons. The standard InChI is InChI=1S/C42H42B2O4/c1-39(2)40(3,4)46-43(45-39)37-25-23-33(29-17-11-13-19-35(29)37)31-21-22-32(28-16-10-9-15-27(28)31)34-24-26-38(36-20-14-12-18-30(34)36)44-47-41(5,6)42(7,8)48-44/h9-26H,1-8H3. The molecule has 2 fully saturated rings. The molecule has 2 heterocycles. The molecule has 0 unspecified atom stereocenters. The van der Waals surface area contributed by atoms with Gasteiger partial charge in [-0.2, -0.15) is 0 Å². The van der Waals surface area contributed by atoms with Crippen molar-refractivity contribution in [3.8, 4) is 22.3 Å². The van der Waals surface area contributed by atoms with E-state index in [0.717, 1.165) is 21.7 Å². The number of fused-ring (bicyclic) bond motifs is 3. The molecular weight excluding hydrogens is 590 g/mol. The van der Waals surface area contributed by atoms with Gasteiger partial charge in [-0.3, -0.25) is 0 Å². The van der Waals surface area contributed by atoms with E-state index in [1.807, 2.05) is 0 Å². The SMILES string of the molecule is CC1(C)OB(c2ccc(-c3ccc(-c4ccc(B5OC(C)(C)C(C)(C)O5)c5ccccc45)c4ccccc34)c3ccccc23)OC1(C)C. The van der Waals surface area contributed by atoms with Crippen LogP contribution in [0.4, 0.5) is 0 Å². The van der Waals surface area contributed by atoms with Crippen LogP contribution >= 0.6 is 0 Å². The molecule has 0 radical (unpaired) electrons. The van der Waals surface area contributed by atoms with Crippen LogP contribution in [0.5, 0.6) is 0 Å². The van der Waals surface area contributed by atoms with Crippen molar-refractivity contribution in [3.63, 3.8) is 0 Å². The second-order valence-corrected chi connectivity index (χ2v) is 15.4. The largest absolute Gasteiger partial charge is 0.495 e. The monoisotopic (exact) mass is 632 g/mol. The molecule has 0 atom stereocenters. The summed E-state index contributed by atoms with van der Waals surface area (Å²) in [6.45, 7) is 16.8. The van der Waals surface area contributed by atoms with Gasteiger partial charge in [0, 0.05) is 0 Å². The zero-order chi connectivity index (χ0) is 33.6. The Morgan fingerprint density at radius 3 is 0.833 bits per heavy atom. The molecule has 4 nitrogen and oxygen atoms in total. The topological polar surface area (TPSA) is 36.9 Å². The lowest BCUT2D eigenvalue weighted by Crippen LogP contribution is -2.41. The van der Waals surface area contributed by atoms with Crippen molar-refractivity contribution in [2.75, 3.05) is 0 Å². The third kappa shape index (κ3) is 4.76. The Morgan fingerprint density at radius 1 is 0.312 bits per heavy atom. The summed E-state index contributed by atoms with van der Waals surface area (Å²) in [7, 11) is -0.858. The average Bonchev–Trinajstić information content (AvgIpc) is 3.42. The molecule has 48 heavy (non-hydrogen) atoms. The van der Waals surface area contributed by atoms with E-state index in [2.05, 4.69) is 165 Å². The highest BCUT2D eigenvalue weighted by molar-refractivity contribution is 6.66. The first-order valence-corrected chi connectivity index (χ1v) is 17.1. The molecule has 2 saturated heterocycles. The van der Waals surface area contributed by atoms with Crippen LogP contribution in [0.15, 0.2) is 109 Å². The van der Waals surface area contributed by atoms with Crippen LogP contribution < -0.4 is 10.9 Å². The summed E-state index contributed by atoms with van der Waals surface area (Å²) in [5, 5.41) is 7.07. The third-order valence-electron chi connectivity index (χ3n) is 11.4. The maximum absolute atomic E-state index is 6.50. The van der Waals surface area contributed by atoms with Gasteiger partial charge < -0.3 is 18.6 Å².